The molecule has 164 valence electrons. The van der Waals surface area contributed by atoms with Crippen LogP contribution in [0.1, 0.15) is 23.1 Å². The Morgan fingerprint density at radius 2 is 1.84 bits per heavy atom. The lowest BCUT2D eigenvalue weighted by Gasteiger charge is -2.24. The molecule has 0 aliphatic heterocycles. The largest absolute Gasteiger partial charge is 0.322 e. The third-order valence-corrected chi connectivity index (χ3v) is 5.75. The first-order valence-electron chi connectivity index (χ1n) is 10.3. The number of benzene rings is 2. The quantitative estimate of drug-likeness (QED) is 0.555. The number of aryl methyl sites for hydroxylation is 2. The highest BCUT2D eigenvalue weighted by Crippen LogP contribution is 2.22. The maximum Gasteiger partial charge on any atom is 0.322 e. The minimum atomic E-state index is -0.286. The number of aromatic amines is 1. The Hall–Kier alpha value is -2.83. The molecule has 0 spiro atoms. The summed E-state index contributed by atoms with van der Waals surface area (Å²) >= 11 is 6.20. The third-order valence-electron chi connectivity index (χ3n) is 5.43. The van der Waals surface area contributed by atoms with E-state index in [-0.39, 0.29) is 18.1 Å². The van der Waals surface area contributed by atoms with Crippen LogP contribution in [0.3, 0.4) is 0 Å². The minimum Gasteiger partial charge on any atom is -0.321 e. The van der Waals surface area contributed by atoms with Crippen molar-refractivity contribution in [2.75, 3.05) is 32.5 Å². The van der Waals surface area contributed by atoms with E-state index in [4.69, 9.17) is 11.6 Å². The highest BCUT2D eigenvalue weighted by molar-refractivity contribution is 6.33. The van der Waals surface area contributed by atoms with E-state index < -0.39 is 0 Å². The first-order valence-corrected chi connectivity index (χ1v) is 10.7. The van der Waals surface area contributed by atoms with E-state index in [2.05, 4.69) is 15.2 Å². The summed E-state index contributed by atoms with van der Waals surface area (Å²) in [6.45, 7) is 5.58. The number of para-hydroxylation sites is 1. The van der Waals surface area contributed by atoms with Crippen LogP contribution >= 0.6 is 11.6 Å². The van der Waals surface area contributed by atoms with E-state index in [1.807, 2.05) is 58.3 Å². The lowest BCUT2D eigenvalue weighted by molar-refractivity contribution is 0.205. The lowest BCUT2D eigenvalue weighted by atomic mass is 10.0. The lowest BCUT2D eigenvalue weighted by Crippen LogP contribution is -2.37. The smallest absolute Gasteiger partial charge is 0.321 e. The monoisotopic (exact) mass is 440 g/mol. The molecule has 0 aliphatic carbocycles. The summed E-state index contributed by atoms with van der Waals surface area (Å²) in [5, 5.41) is 4.30. The van der Waals surface area contributed by atoms with Crippen molar-refractivity contribution in [3.8, 4) is 0 Å². The fourth-order valence-corrected chi connectivity index (χ4v) is 3.66. The van der Waals surface area contributed by atoms with Crippen molar-refractivity contribution in [1.29, 1.82) is 0 Å². The molecule has 0 saturated carbocycles. The Kier molecular flexibility index (Phi) is 7.36. The zero-order valence-corrected chi connectivity index (χ0v) is 19.2. The number of fused-ring (bicyclic) bond motifs is 1. The molecule has 31 heavy (non-hydrogen) atoms. The molecule has 6 nitrogen and oxygen atoms in total. The number of carbonyl (C=O) groups excluding carboxylic acids is 1. The predicted molar refractivity (Wildman–Crippen MR) is 128 cm³/mol. The van der Waals surface area contributed by atoms with Crippen LogP contribution in [-0.4, -0.2) is 48.0 Å². The second kappa shape index (κ2) is 9.98. The summed E-state index contributed by atoms with van der Waals surface area (Å²) in [7, 11) is 3.99. The van der Waals surface area contributed by atoms with E-state index >= 15 is 0 Å². The van der Waals surface area contributed by atoms with Gasteiger partial charge in [-0.3, -0.25) is 4.79 Å². The van der Waals surface area contributed by atoms with Gasteiger partial charge in [-0.2, -0.15) is 0 Å². The number of H-pyrrole nitrogens is 1. The van der Waals surface area contributed by atoms with Crippen LogP contribution in [0, 0.1) is 13.8 Å². The Morgan fingerprint density at radius 1 is 1.10 bits per heavy atom. The minimum absolute atomic E-state index is 0.177. The summed E-state index contributed by atoms with van der Waals surface area (Å²) in [5.41, 5.74) is 3.94. The molecule has 1 aromatic heterocycles. The number of rotatable bonds is 7. The molecule has 0 bridgehead atoms. The number of urea groups is 1. The molecule has 1 heterocycles. The van der Waals surface area contributed by atoms with Gasteiger partial charge in [0.25, 0.3) is 5.56 Å². The Morgan fingerprint density at radius 3 is 2.55 bits per heavy atom. The van der Waals surface area contributed by atoms with Crippen molar-refractivity contribution < 1.29 is 4.79 Å². The summed E-state index contributed by atoms with van der Waals surface area (Å²) in [6, 6.07) is 12.7. The normalized spacial score (nSPS) is 11.2. The Balaban J connectivity index is 1.88. The molecule has 2 aromatic carbocycles. The summed E-state index contributed by atoms with van der Waals surface area (Å²) < 4.78 is 0. The molecule has 0 fully saturated rings. The van der Waals surface area contributed by atoms with Crippen molar-refractivity contribution in [3.63, 3.8) is 0 Å². The zero-order valence-electron chi connectivity index (χ0n) is 18.5. The van der Waals surface area contributed by atoms with Gasteiger partial charge in [-0.1, -0.05) is 35.9 Å². The highest BCUT2D eigenvalue weighted by atomic mass is 35.5. The van der Waals surface area contributed by atoms with Crippen molar-refractivity contribution in [3.05, 3.63) is 74.5 Å². The first kappa shape index (κ1) is 22.8. The van der Waals surface area contributed by atoms with E-state index in [0.717, 1.165) is 35.0 Å². The SMILES string of the molecule is Cc1ccc2cc(CN(CCCN(C)C)C(=O)Nc3ccccc3Cl)c(=O)[nH]c2c1C. The van der Waals surface area contributed by atoms with Gasteiger partial charge in [0.2, 0.25) is 0 Å². The second-order valence-electron chi connectivity index (χ2n) is 8.08. The topological polar surface area (TPSA) is 68.4 Å². The average molecular weight is 441 g/mol. The molecule has 0 saturated heterocycles. The fourth-order valence-electron chi connectivity index (χ4n) is 3.48. The summed E-state index contributed by atoms with van der Waals surface area (Å²) in [4.78, 5) is 32.6. The van der Waals surface area contributed by atoms with E-state index in [1.54, 1.807) is 17.0 Å². The van der Waals surface area contributed by atoms with Crippen LogP contribution in [0.25, 0.3) is 10.9 Å². The van der Waals surface area contributed by atoms with Crippen LogP contribution in [-0.2, 0) is 6.54 Å². The van der Waals surface area contributed by atoms with Gasteiger partial charge in [0.1, 0.15) is 0 Å². The molecular formula is C24H29ClN4O2. The number of nitrogens with zero attached hydrogens (tertiary/aromatic N) is 2. The van der Waals surface area contributed by atoms with Gasteiger partial charge in [-0.25, -0.2) is 4.79 Å². The van der Waals surface area contributed by atoms with Crippen molar-refractivity contribution in [1.82, 2.24) is 14.8 Å². The maximum absolute atomic E-state index is 13.0. The van der Waals surface area contributed by atoms with E-state index in [0.29, 0.717) is 22.8 Å². The second-order valence-corrected chi connectivity index (χ2v) is 8.49. The number of nitrogens with one attached hydrogen (secondary N) is 2. The zero-order chi connectivity index (χ0) is 22.5. The van der Waals surface area contributed by atoms with Gasteiger partial charge >= 0.3 is 6.03 Å². The number of hydrogen-bond donors (Lipinski definition) is 2. The van der Waals surface area contributed by atoms with E-state index in [9.17, 15) is 9.59 Å². The van der Waals surface area contributed by atoms with Crippen molar-refractivity contribution >= 4 is 34.2 Å². The van der Waals surface area contributed by atoms with Gasteiger partial charge in [-0.05, 0) is 75.6 Å². The van der Waals surface area contributed by atoms with Crippen LogP contribution < -0.4 is 10.9 Å². The molecule has 7 heteroatoms. The first-order chi connectivity index (χ1) is 14.8. The average Bonchev–Trinajstić information content (AvgIpc) is 2.72. The fraction of sp³-hybridized carbons (Fsp3) is 0.333. The maximum atomic E-state index is 13.0. The molecule has 2 N–H and O–H groups in total. The standard InChI is InChI=1S/C24H29ClN4O2/c1-16-10-11-18-14-19(23(30)27-22(18)17(16)2)15-29(13-7-12-28(3)4)24(31)26-21-9-6-5-8-20(21)25/h5-6,8-11,14H,7,12-13,15H2,1-4H3,(H,26,31)(H,27,30). The number of pyridine rings is 1. The molecule has 0 unspecified atom stereocenters. The number of halogens is 1. The van der Waals surface area contributed by atoms with Gasteiger partial charge in [0.05, 0.1) is 22.8 Å². The van der Waals surface area contributed by atoms with Crippen molar-refractivity contribution in [2.24, 2.45) is 0 Å². The highest BCUT2D eigenvalue weighted by Gasteiger charge is 2.17. The molecule has 0 aliphatic rings. The Bertz CT molecular complexity index is 1140. The molecule has 3 rings (SSSR count). The molecular weight excluding hydrogens is 412 g/mol. The van der Waals surface area contributed by atoms with Gasteiger partial charge in [0.15, 0.2) is 0 Å². The Labute approximate surface area is 187 Å². The number of carbonyl (C=O) groups is 1. The molecule has 0 atom stereocenters. The van der Waals surface area contributed by atoms with Gasteiger partial charge in [0, 0.05) is 12.1 Å². The van der Waals surface area contributed by atoms with Crippen LogP contribution in [0.4, 0.5) is 10.5 Å². The number of hydrogen-bond acceptors (Lipinski definition) is 3. The van der Waals surface area contributed by atoms with Crippen LogP contribution in [0.15, 0.2) is 47.3 Å². The summed E-state index contributed by atoms with van der Waals surface area (Å²) in [6.07, 6.45) is 0.784. The predicted octanol–water partition coefficient (Wildman–Crippen LogP) is 4.78. The molecule has 3 aromatic rings. The van der Waals surface area contributed by atoms with Crippen molar-refractivity contribution in [2.45, 2.75) is 26.8 Å². The molecule has 0 radical (unpaired) electrons. The van der Waals surface area contributed by atoms with Gasteiger partial charge in [-0.15, -0.1) is 0 Å². The number of anilines is 1. The van der Waals surface area contributed by atoms with Gasteiger partial charge < -0.3 is 20.1 Å². The number of amides is 2. The molecule has 2 amide bonds. The number of aromatic nitrogens is 1. The summed E-state index contributed by atoms with van der Waals surface area (Å²) in [5.74, 6) is 0. The van der Waals surface area contributed by atoms with Crippen LogP contribution in [0.5, 0.6) is 0 Å². The third kappa shape index (κ3) is 5.66. The van der Waals surface area contributed by atoms with E-state index in [1.165, 1.54) is 0 Å². The van der Waals surface area contributed by atoms with Crippen LogP contribution in [0.2, 0.25) is 5.02 Å².